The molecule has 0 aliphatic heterocycles. The van der Waals surface area contributed by atoms with E-state index in [1.54, 1.807) is 0 Å². The van der Waals surface area contributed by atoms with E-state index in [-0.39, 0.29) is 17.4 Å². The summed E-state index contributed by atoms with van der Waals surface area (Å²) in [4.78, 5) is 25.2. The van der Waals surface area contributed by atoms with E-state index in [9.17, 15) is 4.79 Å². The van der Waals surface area contributed by atoms with Crippen LogP contribution < -0.4 is 5.73 Å². The van der Waals surface area contributed by atoms with Crippen molar-refractivity contribution in [2.45, 2.75) is 6.42 Å². The summed E-state index contributed by atoms with van der Waals surface area (Å²) in [6.45, 7) is 0. The number of nitrogens with two attached hydrogens (primary N) is 1. The number of fused-ring (bicyclic) bond motifs is 1. The van der Waals surface area contributed by atoms with Gasteiger partial charge in [0, 0.05) is 0 Å². The van der Waals surface area contributed by atoms with Crippen molar-refractivity contribution in [1.29, 1.82) is 0 Å². The smallest absolute Gasteiger partial charge is 0.225 e. The van der Waals surface area contributed by atoms with Gasteiger partial charge in [0.05, 0.1) is 12.7 Å². The van der Waals surface area contributed by atoms with Crippen LogP contribution in [0.5, 0.6) is 0 Å². The Balaban J connectivity index is 2.53. The van der Waals surface area contributed by atoms with Gasteiger partial charge in [-0.25, -0.2) is 15.0 Å². The quantitative estimate of drug-likeness (QED) is 0.685. The van der Waals surface area contributed by atoms with Crippen LogP contribution in [0.1, 0.15) is 5.82 Å². The molecule has 6 nitrogen and oxygen atoms in total. The van der Waals surface area contributed by atoms with Gasteiger partial charge in [-0.15, -0.1) is 0 Å². The van der Waals surface area contributed by atoms with Gasteiger partial charge in [-0.1, -0.05) is 11.6 Å². The number of carbonyl (C=O) groups is 1. The van der Waals surface area contributed by atoms with Crippen LogP contribution in [-0.4, -0.2) is 25.8 Å². The van der Waals surface area contributed by atoms with Crippen LogP contribution in [0.15, 0.2) is 6.33 Å². The van der Waals surface area contributed by atoms with E-state index in [1.165, 1.54) is 6.33 Å². The maximum absolute atomic E-state index is 10.6. The number of primary amides is 1. The minimum absolute atomic E-state index is 0.0392. The second-order valence-corrected chi connectivity index (χ2v) is 3.03. The average Bonchev–Trinajstić information content (AvgIpc) is 2.50. The number of amides is 1. The van der Waals surface area contributed by atoms with Crippen LogP contribution in [-0.2, 0) is 11.2 Å². The summed E-state index contributed by atoms with van der Waals surface area (Å²) >= 11 is 5.81. The Labute approximate surface area is 83.5 Å². The molecule has 2 rings (SSSR count). The number of halogens is 1. The van der Waals surface area contributed by atoms with Crippen LogP contribution in [0.3, 0.4) is 0 Å². The zero-order valence-corrected chi connectivity index (χ0v) is 7.75. The molecule has 0 radical (unpaired) electrons. The van der Waals surface area contributed by atoms with Crippen molar-refractivity contribution in [1.82, 2.24) is 19.9 Å². The summed E-state index contributed by atoms with van der Waals surface area (Å²) in [6.07, 6.45) is 1.42. The van der Waals surface area contributed by atoms with Crippen molar-refractivity contribution in [3.63, 3.8) is 0 Å². The Morgan fingerprint density at radius 2 is 2.36 bits per heavy atom. The van der Waals surface area contributed by atoms with E-state index in [1.807, 2.05) is 0 Å². The molecule has 7 heteroatoms. The van der Waals surface area contributed by atoms with Gasteiger partial charge in [0.15, 0.2) is 10.8 Å². The highest BCUT2D eigenvalue weighted by molar-refractivity contribution is 6.33. The number of aromatic amines is 1. The van der Waals surface area contributed by atoms with Crippen molar-refractivity contribution in [3.05, 3.63) is 17.3 Å². The lowest BCUT2D eigenvalue weighted by molar-refractivity contribution is -0.117. The number of imidazole rings is 1. The molecule has 72 valence electrons. The molecular weight excluding hydrogens is 206 g/mol. The number of hydrogen-bond donors (Lipinski definition) is 2. The maximum Gasteiger partial charge on any atom is 0.225 e. The van der Waals surface area contributed by atoms with Gasteiger partial charge in [-0.2, -0.15) is 0 Å². The number of nitrogens with one attached hydrogen (secondary N) is 1. The molecule has 0 saturated heterocycles. The third kappa shape index (κ3) is 1.51. The van der Waals surface area contributed by atoms with Crippen molar-refractivity contribution < 1.29 is 4.79 Å². The number of hydrogen-bond acceptors (Lipinski definition) is 4. The number of nitrogens with zero attached hydrogens (tertiary/aromatic N) is 3. The molecule has 0 aliphatic rings. The maximum atomic E-state index is 10.6. The molecule has 0 fully saturated rings. The van der Waals surface area contributed by atoms with Crippen LogP contribution >= 0.6 is 11.6 Å². The molecule has 0 aromatic carbocycles. The summed E-state index contributed by atoms with van der Waals surface area (Å²) in [5.74, 6) is -0.224. The first-order valence-electron chi connectivity index (χ1n) is 3.80. The van der Waals surface area contributed by atoms with Gasteiger partial charge < -0.3 is 10.7 Å². The van der Waals surface area contributed by atoms with Crippen LogP contribution in [0.25, 0.3) is 11.2 Å². The number of H-pyrrole nitrogens is 1. The fourth-order valence-electron chi connectivity index (χ4n) is 1.07. The molecule has 0 saturated carbocycles. The standard InChI is InChI=1S/C7H6ClN5O/c8-6-5-7(11-2-10-5)13-4(12-6)1-3(9)14/h2H,1H2,(H2,9,14)(H,10,11,12,13). The number of rotatable bonds is 2. The van der Waals surface area contributed by atoms with E-state index in [0.29, 0.717) is 11.2 Å². The lowest BCUT2D eigenvalue weighted by Crippen LogP contribution is -2.15. The third-order valence-corrected chi connectivity index (χ3v) is 1.89. The monoisotopic (exact) mass is 211 g/mol. The number of carbonyl (C=O) groups excluding carboxylic acids is 1. The van der Waals surface area contributed by atoms with Crippen LogP contribution in [0, 0.1) is 0 Å². The molecule has 0 spiro atoms. The zero-order chi connectivity index (χ0) is 10.1. The van der Waals surface area contributed by atoms with Crippen molar-refractivity contribution >= 4 is 28.7 Å². The predicted octanol–water partition coefficient (Wildman–Crippen LogP) is 0.0341. The highest BCUT2D eigenvalue weighted by Gasteiger charge is 2.09. The van der Waals surface area contributed by atoms with E-state index < -0.39 is 5.91 Å². The minimum Gasteiger partial charge on any atom is -0.369 e. The van der Waals surface area contributed by atoms with Crippen molar-refractivity contribution in [3.8, 4) is 0 Å². The summed E-state index contributed by atoms with van der Waals surface area (Å²) < 4.78 is 0. The largest absolute Gasteiger partial charge is 0.369 e. The topological polar surface area (TPSA) is 97.6 Å². The van der Waals surface area contributed by atoms with Crippen LogP contribution in [0.2, 0.25) is 5.15 Å². The van der Waals surface area contributed by atoms with Gasteiger partial charge in [-0.05, 0) is 0 Å². The van der Waals surface area contributed by atoms with Gasteiger partial charge in [-0.3, -0.25) is 4.79 Å². The third-order valence-electron chi connectivity index (χ3n) is 1.62. The molecule has 1 amide bonds. The lowest BCUT2D eigenvalue weighted by atomic mass is 10.4. The molecule has 14 heavy (non-hydrogen) atoms. The zero-order valence-electron chi connectivity index (χ0n) is 6.99. The van der Waals surface area contributed by atoms with Gasteiger partial charge in [0.25, 0.3) is 0 Å². The summed E-state index contributed by atoms with van der Waals surface area (Å²) in [5.41, 5.74) is 5.99. The molecule has 0 aliphatic carbocycles. The first-order valence-corrected chi connectivity index (χ1v) is 4.18. The summed E-state index contributed by atoms with van der Waals surface area (Å²) in [5, 5.41) is 0.240. The first-order chi connectivity index (χ1) is 6.66. The normalized spacial score (nSPS) is 10.6. The minimum atomic E-state index is -0.504. The van der Waals surface area contributed by atoms with Crippen molar-refractivity contribution in [2.24, 2.45) is 5.73 Å². The average molecular weight is 212 g/mol. The number of aromatic nitrogens is 4. The second kappa shape index (κ2) is 3.22. The summed E-state index contributed by atoms with van der Waals surface area (Å²) in [6, 6.07) is 0. The Hall–Kier alpha value is -1.69. The Morgan fingerprint density at radius 3 is 3.07 bits per heavy atom. The molecular formula is C7H6ClN5O. The van der Waals surface area contributed by atoms with Gasteiger partial charge in [0.1, 0.15) is 11.3 Å². The Kier molecular flexibility index (Phi) is 2.05. The first kappa shape index (κ1) is 8.89. The van der Waals surface area contributed by atoms with Crippen LogP contribution in [0.4, 0.5) is 0 Å². The molecule has 0 bridgehead atoms. The fourth-order valence-corrected chi connectivity index (χ4v) is 1.31. The van der Waals surface area contributed by atoms with E-state index in [0.717, 1.165) is 0 Å². The van der Waals surface area contributed by atoms with Gasteiger partial charge >= 0.3 is 0 Å². The van der Waals surface area contributed by atoms with Crippen molar-refractivity contribution in [2.75, 3.05) is 0 Å². The predicted molar refractivity (Wildman–Crippen MR) is 49.6 cm³/mol. The molecule has 3 N–H and O–H groups in total. The molecule has 0 unspecified atom stereocenters. The second-order valence-electron chi connectivity index (χ2n) is 2.67. The van der Waals surface area contributed by atoms with E-state index >= 15 is 0 Å². The SMILES string of the molecule is NC(=O)Cc1nc(Cl)c2[nH]cnc2n1. The Morgan fingerprint density at radius 1 is 1.57 bits per heavy atom. The van der Waals surface area contributed by atoms with E-state index in [2.05, 4.69) is 19.9 Å². The lowest BCUT2D eigenvalue weighted by Gasteiger charge is -1.97. The molecule has 2 aromatic heterocycles. The molecule has 2 heterocycles. The molecule has 2 aromatic rings. The highest BCUT2D eigenvalue weighted by Crippen LogP contribution is 2.16. The highest BCUT2D eigenvalue weighted by atomic mass is 35.5. The van der Waals surface area contributed by atoms with Gasteiger partial charge in [0.2, 0.25) is 5.91 Å². The summed E-state index contributed by atoms with van der Waals surface area (Å²) in [7, 11) is 0. The van der Waals surface area contributed by atoms with E-state index in [4.69, 9.17) is 17.3 Å². The molecule has 0 atom stereocenters. The fraction of sp³-hybridized carbons (Fsp3) is 0.143. The Bertz CT molecular complexity index is 494.